The van der Waals surface area contributed by atoms with Crippen LogP contribution in [0.4, 0.5) is 5.82 Å². The molecule has 2 atom stereocenters. The summed E-state index contributed by atoms with van der Waals surface area (Å²) in [6.45, 7) is 3.09. The zero-order chi connectivity index (χ0) is 11.4. The first-order valence-corrected chi connectivity index (χ1v) is 6.15. The Bertz CT molecular complexity index is 322. The van der Waals surface area contributed by atoms with Crippen LogP contribution >= 0.6 is 0 Å². The standard InChI is InChI=1S/C12H21N3O/c1-3-4-11-9-10(6-8-16-11)14-12-5-7-13-15(12)2/h5,7,10-11,14H,3-4,6,8-9H2,1-2H3. The van der Waals surface area contributed by atoms with Gasteiger partial charge in [0.05, 0.1) is 12.3 Å². The lowest BCUT2D eigenvalue weighted by atomic mass is 10.0. The van der Waals surface area contributed by atoms with Crippen LogP contribution in [0, 0.1) is 0 Å². The van der Waals surface area contributed by atoms with Gasteiger partial charge in [0.15, 0.2) is 0 Å². The van der Waals surface area contributed by atoms with E-state index in [1.165, 1.54) is 12.8 Å². The monoisotopic (exact) mass is 223 g/mol. The van der Waals surface area contributed by atoms with Crippen LogP contribution in [0.15, 0.2) is 12.3 Å². The van der Waals surface area contributed by atoms with Crippen molar-refractivity contribution in [3.63, 3.8) is 0 Å². The Hall–Kier alpha value is -1.03. The smallest absolute Gasteiger partial charge is 0.124 e. The van der Waals surface area contributed by atoms with Crippen molar-refractivity contribution in [2.45, 2.75) is 44.8 Å². The van der Waals surface area contributed by atoms with Gasteiger partial charge in [0.2, 0.25) is 0 Å². The predicted molar refractivity (Wildman–Crippen MR) is 64.5 cm³/mol. The molecular weight excluding hydrogens is 202 g/mol. The van der Waals surface area contributed by atoms with Crippen molar-refractivity contribution in [2.75, 3.05) is 11.9 Å². The van der Waals surface area contributed by atoms with Crippen molar-refractivity contribution in [1.29, 1.82) is 0 Å². The highest BCUT2D eigenvalue weighted by atomic mass is 16.5. The molecule has 4 nitrogen and oxygen atoms in total. The Morgan fingerprint density at radius 2 is 2.50 bits per heavy atom. The molecule has 2 heterocycles. The van der Waals surface area contributed by atoms with Crippen molar-refractivity contribution in [3.05, 3.63) is 12.3 Å². The van der Waals surface area contributed by atoms with Crippen molar-refractivity contribution >= 4 is 5.82 Å². The fourth-order valence-electron chi connectivity index (χ4n) is 2.26. The minimum Gasteiger partial charge on any atom is -0.378 e. The molecular formula is C12H21N3O. The average Bonchev–Trinajstić information content (AvgIpc) is 2.66. The first kappa shape index (κ1) is 11.5. The van der Waals surface area contributed by atoms with Crippen molar-refractivity contribution < 1.29 is 4.74 Å². The van der Waals surface area contributed by atoms with E-state index in [9.17, 15) is 0 Å². The van der Waals surface area contributed by atoms with E-state index in [2.05, 4.69) is 17.3 Å². The normalized spacial score (nSPS) is 25.6. The Balaban J connectivity index is 1.88. The summed E-state index contributed by atoms with van der Waals surface area (Å²) in [7, 11) is 1.96. The number of ether oxygens (including phenoxy) is 1. The second-order valence-corrected chi connectivity index (χ2v) is 4.49. The van der Waals surface area contributed by atoms with E-state index in [4.69, 9.17) is 4.74 Å². The van der Waals surface area contributed by atoms with Gasteiger partial charge in [-0.1, -0.05) is 13.3 Å². The molecule has 1 aliphatic heterocycles. The maximum atomic E-state index is 5.74. The molecule has 4 heteroatoms. The SMILES string of the molecule is CCCC1CC(Nc2ccnn2C)CCO1. The zero-order valence-corrected chi connectivity index (χ0v) is 10.1. The van der Waals surface area contributed by atoms with Gasteiger partial charge in [-0.25, -0.2) is 0 Å². The number of nitrogens with one attached hydrogen (secondary N) is 1. The summed E-state index contributed by atoms with van der Waals surface area (Å²) in [5.41, 5.74) is 0. The fourth-order valence-corrected chi connectivity index (χ4v) is 2.26. The summed E-state index contributed by atoms with van der Waals surface area (Å²) in [5.74, 6) is 1.10. The summed E-state index contributed by atoms with van der Waals surface area (Å²) >= 11 is 0. The van der Waals surface area contributed by atoms with Gasteiger partial charge in [-0.05, 0) is 19.3 Å². The molecule has 0 aromatic carbocycles. The molecule has 1 aromatic rings. The topological polar surface area (TPSA) is 39.1 Å². The van der Waals surface area contributed by atoms with Crippen LogP contribution < -0.4 is 5.32 Å². The molecule has 1 fully saturated rings. The van der Waals surface area contributed by atoms with E-state index < -0.39 is 0 Å². The van der Waals surface area contributed by atoms with Crippen LogP contribution in [0.25, 0.3) is 0 Å². The summed E-state index contributed by atoms with van der Waals surface area (Å²) in [6.07, 6.45) is 6.83. The molecule has 1 aliphatic rings. The molecule has 1 N–H and O–H groups in total. The Morgan fingerprint density at radius 1 is 1.62 bits per heavy atom. The van der Waals surface area contributed by atoms with Crippen molar-refractivity contribution in [3.8, 4) is 0 Å². The predicted octanol–water partition coefficient (Wildman–Crippen LogP) is 2.18. The van der Waals surface area contributed by atoms with Crippen LogP contribution in [0.1, 0.15) is 32.6 Å². The lowest BCUT2D eigenvalue weighted by molar-refractivity contribution is 0.00588. The molecule has 2 rings (SSSR count). The second kappa shape index (κ2) is 5.34. The van der Waals surface area contributed by atoms with Gasteiger partial charge >= 0.3 is 0 Å². The summed E-state index contributed by atoms with van der Waals surface area (Å²) < 4.78 is 7.61. The van der Waals surface area contributed by atoms with E-state index in [1.807, 2.05) is 24.0 Å². The quantitative estimate of drug-likeness (QED) is 0.850. The number of hydrogen-bond donors (Lipinski definition) is 1. The first-order valence-electron chi connectivity index (χ1n) is 6.15. The number of rotatable bonds is 4. The lowest BCUT2D eigenvalue weighted by Crippen LogP contribution is -2.34. The summed E-state index contributed by atoms with van der Waals surface area (Å²) in [5, 5.41) is 7.70. The van der Waals surface area contributed by atoms with Gasteiger partial charge in [-0.15, -0.1) is 0 Å². The average molecular weight is 223 g/mol. The third-order valence-corrected chi connectivity index (χ3v) is 3.15. The second-order valence-electron chi connectivity index (χ2n) is 4.49. The van der Waals surface area contributed by atoms with Crippen LogP contribution in [-0.4, -0.2) is 28.5 Å². The maximum absolute atomic E-state index is 5.74. The Morgan fingerprint density at radius 3 is 3.19 bits per heavy atom. The van der Waals surface area contributed by atoms with Crippen LogP contribution in [0.3, 0.4) is 0 Å². The summed E-state index contributed by atoms with van der Waals surface area (Å²) in [6, 6.07) is 2.55. The molecule has 16 heavy (non-hydrogen) atoms. The fraction of sp³-hybridized carbons (Fsp3) is 0.750. The minimum absolute atomic E-state index is 0.435. The minimum atomic E-state index is 0.435. The number of anilines is 1. The van der Waals surface area contributed by atoms with Crippen LogP contribution in [0.5, 0.6) is 0 Å². The molecule has 2 unspecified atom stereocenters. The van der Waals surface area contributed by atoms with Gasteiger partial charge < -0.3 is 10.1 Å². The van der Waals surface area contributed by atoms with Crippen molar-refractivity contribution in [2.24, 2.45) is 7.05 Å². The molecule has 0 aliphatic carbocycles. The molecule has 1 saturated heterocycles. The van der Waals surface area contributed by atoms with E-state index in [0.29, 0.717) is 12.1 Å². The Labute approximate surface area is 97.0 Å². The highest BCUT2D eigenvalue weighted by Crippen LogP contribution is 2.20. The van der Waals surface area contributed by atoms with E-state index in [0.717, 1.165) is 25.3 Å². The third-order valence-electron chi connectivity index (χ3n) is 3.15. The van der Waals surface area contributed by atoms with Crippen LogP contribution in [0.2, 0.25) is 0 Å². The molecule has 0 saturated carbocycles. The van der Waals surface area contributed by atoms with Crippen LogP contribution in [-0.2, 0) is 11.8 Å². The molecule has 0 amide bonds. The molecule has 90 valence electrons. The van der Waals surface area contributed by atoms with Crippen molar-refractivity contribution in [1.82, 2.24) is 9.78 Å². The zero-order valence-electron chi connectivity index (χ0n) is 10.1. The molecule has 0 spiro atoms. The van der Waals surface area contributed by atoms with E-state index in [-0.39, 0.29) is 0 Å². The number of aromatic nitrogens is 2. The summed E-state index contributed by atoms with van der Waals surface area (Å²) in [4.78, 5) is 0. The first-order chi connectivity index (χ1) is 7.79. The van der Waals surface area contributed by atoms with Gasteiger partial charge in [-0.2, -0.15) is 5.10 Å². The van der Waals surface area contributed by atoms with Gasteiger partial charge in [0, 0.05) is 25.8 Å². The lowest BCUT2D eigenvalue weighted by Gasteiger charge is -2.30. The molecule has 0 radical (unpaired) electrons. The van der Waals surface area contributed by atoms with Gasteiger partial charge in [0.1, 0.15) is 5.82 Å². The number of hydrogen-bond acceptors (Lipinski definition) is 3. The van der Waals surface area contributed by atoms with E-state index in [1.54, 1.807) is 0 Å². The number of aryl methyl sites for hydroxylation is 1. The Kier molecular flexibility index (Phi) is 3.83. The van der Waals surface area contributed by atoms with E-state index >= 15 is 0 Å². The van der Waals surface area contributed by atoms with Gasteiger partial charge in [0.25, 0.3) is 0 Å². The molecule has 1 aromatic heterocycles. The maximum Gasteiger partial charge on any atom is 0.124 e. The third kappa shape index (κ3) is 2.76. The molecule has 0 bridgehead atoms. The highest BCUT2D eigenvalue weighted by Gasteiger charge is 2.22. The highest BCUT2D eigenvalue weighted by molar-refractivity contribution is 5.34. The number of nitrogens with zero attached hydrogens (tertiary/aromatic N) is 2. The van der Waals surface area contributed by atoms with Gasteiger partial charge in [-0.3, -0.25) is 4.68 Å². The largest absolute Gasteiger partial charge is 0.378 e.